The fourth-order valence-electron chi connectivity index (χ4n) is 2.28. The van der Waals surface area contributed by atoms with Crippen molar-refractivity contribution in [3.8, 4) is 0 Å². The van der Waals surface area contributed by atoms with Crippen molar-refractivity contribution in [2.75, 3.05) is 37.7 Å². The molecule has 5 nitrogen and oxygen atoms in total. The van der Waals surface area contributed by atoms with Gasteiger partial charge in [-0.15, -0.1) is 0 Å². The van der Waals surface area contributed by atoms with Crippen LogP contribution in [-0.2, 0) is 9.53 Å². The Hall–Kier alpha value is -1.31. The molecular weight excluding hydrogens is 308 g/mol. The number of morpholine rings is 1. The first-order valence-corrected chi connectivity index (χ1v) is 8.09. The molecule has 1 aromatic heterocycles. The van der Waals surface area contributed by atoms with E-state index >= 15 is 0 Å². The number of anilines is 1. The maximum Gasteiger partial charge on any atom is 0.266 e. The van der Waals surface area contributed by atoms with E-state index in [-0.39, 0.29) is 5.91 Å². The molecule has 2 saturated heterocycles. The van der Waals surface area contributed by atoms with Crippen LogP contribution in [0.5, 0.6) is 0 Å². The van der Waals surface area contributed by atoms with Gasteiger partial charge in [0.25, 0.3) is 5.91 Å². The van der Waals surface area contributed by atoms with E-state index in [1.54, 1.807) is 11.0 Å². The van der Waals surface area contributed by atoms with Gasteiger partial charge in [-0.1, -0.05) is 24.0 Å². The monoisotopic (exact) mass is 324 g/mol. The summed E-state index contributed by atoms with van der Waals surface area (Å²) in [6.07, 6.45) is 1.76. The molecule has 0 spiro atoms. The van der Waals surface area contributed by atoms with Crippen LogP contribution in [0, 0.1) is 0 Å². The van der Waals surface area contributed by atoms with Crippen LogP contribution in [0.25, 0.3) is 6.08 Å². The average Bonchev–Trinajstić information content (AvgIpc) is 3.06. The normalized spacial score (nSPS) is 21.7. The molecule has 0 saturated carbocycles. The maximum atomic E-state index is 12.1. The number of thioether (sulfide) groups is 1. The number of likely N-dealkylation sites (N-methyl/N-ethyl adjacent to an activating group) is 1. The molecule has 0 radical (unpaired) electrons. The number of amides is 1. The molecule has 0 aliphatic carbocycles. The van der Waals surface area contributed by atoms with Crippen molar-refractivity contribution in [1.29, 1.82) is 0 Å². The summed E-state index contributed by atoms with van der Waals surface area (Å²) < 4.78 is 11.7. The lowest BCUT2D eigenvalue weighted by Crippen LogP contribution is -2.35. The topological polar surface area (TPSA) is 45.9 Å². The summed E-state index contributed by atoms with van der Waals surface area (Å²) in [6, 6.07) is 3.81. The Labute approximate surface area is 132 Å². The molecule has 0 N–H and O–H groups in total. The minimum atomic E-state index is -0.0446. The number of hydrogen-bond donors (Lipinski definition) is 0. The average molecular weight is 324 g/mol. The Morgan fingerprint density at radius 1 is 1.38 bits per heavy atom. The Morgan fingerprint density at radius 2 is 2.14 bits per heavy atom. The van der Waals surface area contributed by atoms with Crippen LogP contribution < -0.4 is 4.90 Å². The van der Waals surface area contributed by atoms with E-state index in [9.17, 15) is 4.79 Å². The maximum absolute atomic E-state index is 12.1. The molecule has 0 unspecified atom stereocenters. The quantitative estimate of drug-likeness (QED) is 0.628. The Bertz CT molecular complexity index is 591. The summed E-state index contributed by atoms with van der Waals surface area (Å²) in [5.41, 5.74) is 0. The fraction of sp³-hybridized carbons (Fsp3) is 0.429. The van der Waals surface area contributed by atoms with Crippen molar-refractivity contribution in [1.82, 2.24) is 4.90 Å². The molecule has 1 aromatic rings. The van der Waals surface area contributed by atoms with E-state index in [0.717, 1.165) is 19.0 Å². The number of rotatable bonds is 3. The lowest BCUT2D eigenvalue weighted by atomic mass is 10.3. The molecule has 3 rings (SSSR count). The Kier molecular flexibility index (Phi) is 4.32. The van der Waals surface area contributed by atoms with Gasteiger partial charge in [-0.05, 0) is 13.0 Å². The van der Waals surface area contributed by atoms with Gasteiger partial charge in [-0.2, -0.15) is 0 Å². The second kappa shape index (κ2) is 6.21. The highest BCUT2D eigenvalue weighted by Gasteiger charge is 2.30. The first kappa shape index (κ1) is 14.6. The second-order valence-corrected chi connectivity index (χ2v) is 6.38. The molecule has 2 fully saturated rings. The molecule has 2 aliphatic rings. The lowest BCUT2D eigenvalue weighted by molar-refractivity contribution is -0.121. The smallest absolute Gasteiger partial charge is 0.266 e. The Balaban J connectivity index is 1.76. The Morgan fingerprint density at radius 3 is 2.81 bits per heavy atom. The zero-order chi connectivity index (χ0) is 14.8. The predicted molar refractivity (Wildman–Crippen MR) is 87.3 cm³/mol. The van der Waals surface area contributed by atoms with E-state index in [4.69, 9.17) is 21.4 Å². The van der Waals surface area contributed by atoms with Gasteiger partial charge in [-0.25, -0.2) is 0 Å². The minimum absolute atomic E-state index is 0.0446. The van der Waals surface area contributed by atoms with Gasteiger partial charge in [-0.3, -0.25) is 9.69 Å². The number of carbonyl (C=O) groups excluding carboxylic acids is 1. The lowest BCUT2D eigenvalue weighted by Gasteiger charge is -2.26. The van der Waals surface area contributed by atoms with Crippen LogP contribution in [0.1, 0.15) is 12.7 Å². The van der Waals surface area contributed by atoms with Crippen LogP contribution in [0.2, 0.25) is 0 Å². The van der Waals surface area contributed by atoms with Gasteiger partial charge in [0.05, 0.1) is 18.1 Å². The number of furan rings is 1. The van der Waals surface area contributed by atoms with Gasteiger partial charge in [0.2, 0.25) is 0 Å². The molecule has 3 heterocycles. The molecule has 0 aromatic carbocycles. The van der Waals surface area contributed by atoms with Crippen molar-refractivity contribution >= 4 is 46.2 Å². The third kappa shape index (κ3) is 3.00. The second-order valence-electron chi connectivity index (χ2n) is 4.70. The van der Waals surface area contributed by atoms with Crippen molar-refractivity contribution in [3.63, 3.8) is 0 Å². The van der Waals surface area contributed by atoms with E-state index in [1.807, 2.05) is 19.1 Å². The summed E-state index contributed by atoms with van der Waals surface area (Å²) in [4.78, 5) is 16.5. The summed E-state index contributed by atoms with van der Waals surface area (Å²) >= 11 is 6.51. The fourth-order valence-corrected chi connectivity index (χ4v) is 3.64. The SMILES string of the molecule is CCN1C(=O)/C(=C/c2ccc(N3CCOCC3)o2)SC1=S. The number of ether oxygens (including phenoxy) is 1. The van der Waals surface area contributed by atoms with E-state index < -0.39 is 0 Å². The summed E-state index contributed by atoms with van der Waals surface area (Å²) in [7, 11) is 0. The van der Waals surface area contributed by atoms with Gasteiger partial charge >= 0.3 is 0 Å². The highest BCUT2D eigenvalue weighted by Crippen LogP contribution is 2.33. The number of hydrogen-bond acceptors (Lipinski definition) is 6. The van der Waals surface area contributed by atoms with Gasteiger partial charge in [0.15, 0.2) is 5.88 Å². The zero-order valence-electron chi connectivity index (χ0n) is 11.7. The highest BCUT2D eigenvalue weighted by atomic mass is 32.2. The standard InChI is InChI=1S/C14H16N2O3S2/c1-2-16-13(17)11(21-14(16)20)9-10-3-4-12(19-10)15-5-7-18-8-6-15/h3-4,9H,2,5-8H2,1H3/b11-9-. The van der Waals surface area contributed by atoms with Crippen molar-refractivity contribution in [2.24, 2.45) is 0 Å². The third-order valence-corrected chi connectivity index (χ3v) is 4.78. The zero-order valence-corrected chi connectivity index (χ0v) is 13.3. The molecule has 112 valence electrons. The third-order valence-electron chi connectivity index (χ3n) is 3.40. The molecule has 2 aliphatic heterocycles. The molecular formula is C14H16N2O3S2. The van der Waals surface area contributed by atoms with Crippen molar-refractivity contribution < 1.29 is 13.9 Å². The van der Waals surface area contributed by atoms with E-state index in [1.165, 1.54) is 11.8 Å². The number of nitrogens with zero attached hydrogens (tertiary/aromatic N) is 2. The van der Waals surface area contributed by atoms with Gasteiger partial charge in [0, 0.05) is 31.8 Å². The van der Waals surface area contributed by atoms with Crippen LogP contribution in [0.4, 0.5) is 5.88 Å². The predicted octanol–water partition coefficient (Wildman–Crippen LogP) is 2.34. The molecule has 7 heteroatoms. The molecule has 1 amide bonds. The summed E-state index contributed by atoms with van der Waals surface area (Å²) in [5.74, 6) is 1.44. The van der Waals surface area contributed by atoms with E-state index in [2.05, 4.69) is 4.90 Å². The van der Waals surface area contributed by atoms with Crippen LogP contribution in [0.15, 0.2) is 21.5 Å². The molecule has 0 atom stereocenters. The summed E-state index contributed by atoms with van der Waals surface area (Å²) in [6.45, 7) is 5.59. The van der Waals surface area contributed by atoms with Gasteiger partial charge < -0.3 is 14.1 Å². The largest absolute Gasteiger partial charge is 0.441 e. The molecule has 21 heavy (non-hydrogen) atoms. The number of carbonyl (C=O) groups is 1. The minimum Gasteiger partial charge on any atom is -0.441 e. The summed E-state index contributed by atoms with van der Waals surface area (Å²) in [5, 5.41) is 0. The number of thiocarbonyl (C=S) groups is 1. The molecule has 0 bridgehead atoms. The first-order chi connectivity index (χ1) is 10.2. The van der Waals surface area contributed by atoms with Crippen molar-refractivity contribution in [3.05, 3.63) is 22.8 Å². The highest BCUT2D eigenvalue weighted by molar-refractivity contribution is 8.26. The van der Waals surface area contributed by atoms with Crippen LogP contribution in [0.3, 0.4) is 0 Å². The van der Waals surface area contributed by atoms with Gasteiger partial charge in [0.1, 0.15) is 10.1 Å². The van der Waals surface area contributed by atoms with E-state index in [0.29, 0.717) is 34.7 Å². The first-order valence-electron chi connectivity index (χ1n) is 6.87. The van der Waals surface area contributed by atoms with Crippen LogP contribution in [-0.4, -0.2) is 48.0 Å². The van der Waals surface area contributed by atoms with Crippen molar-refractivity contribution in [2.45, 2.75) is 6.92 Å². The van der Waals surface area contributed by atoms with Crippen LogP contribution >= 0.6 is 24.0 Å².